The third-order valence-corrected chi connectivity index (χ3v) is 17.1. The Balaban J connectivity index is 3.43. The zero-order chi connectivity index (χ0) is 85.4. The molecule has 46 nitrogen and oxygen atoms in total. The second kappa shape index (κ2) is 51.2. The van der Waals surface area contributed by atoms with E-state index in [1.54, 1.807) is 13.8 Å². The monoisotopic (exact) mass is 1610 g/mol. The van der Waals surface area contributed by atoms with Crippen molar-refractivity contribution in [1.82, 2.24) is 74.0 Å². The fraction of sp³-hybridized carbons (Fsp3) is 0.712. The fourth-order valence-electron chi connectivity index (χ4n) is 10.9. The topological polar surface area (TPSA) is 764 Å². The number of likely N-dealkylation sites (tertiary alicyclic amines) is 1. The lowest BCUT2D eigenvalue weighted by Gasteiger charge is -2.31. The maximum absolute atomic E-state index is 14.1. The molecule has 0 radical (unpaired) electrons. The third-order valence-electron chi connectivity index (χ3n) is 17.1. The van der Waals surface area contributed by atoms with E-state index >= 15 is 0 Å². The molecule has 0 saturated carbocycles. The van der Waals surface area contributed by atoms with Crippen LogP contribution in [0.3, 0.4) is 0 Å². The predicted molar refractivity (Wildman–Crippen MR) is 384 cm³/mol. The van der Waals surface area contributed by atoms with Crippen LogP contribution in [0.1, 0.15) is 151 Å². The van der Waals surface area contributed by atoms with Crippen molar-refractivity contribution in [1.29, 1.82) is 0 Å². The molecule has 634 valence electrons. The smallest absolute Gasteiger partial charge is 0.326 e. The van der Waals surface area contributed by atoms with Gasteiger partial charge < -0.3 is 142 Å². The average Bonchev–Trinajstić information content (AvgIpc) is 1.65. The molecule has 1 heterocycles. The third kappa shape index (κ3) is 37.1. The number of unbranched alkanes of at least 4 members (excludes halogenated alkanes) is 2. The number of nitrogens with zero attached hydrogens (tertiary/aromatic N) is 1. The predicted octanol–water partition coefficient (Wildman–Crippen LogP) is -10.8. The Kier molecular flexibility index (Phi) is 45.6. The summed E-state index contributed by atoms with van der Waals surface area (Å²) >= 11 is 0. The van der Waals surface area contributed by atoms with E-state index in [1.165, 1.54) is 0 Å². The summed E-state index contributed by atoms with van der Waals surface area (Å²) in [5.41, 5.74) is 16.7. The van der Waals surface area contributed by atoms with Crippen molar-refractivity contribution in [2.75, 3.05) is 39.3 Å². The number of hydrogen-bond donors (Lipinski definition) is 26. The lowest BCUT2D eigenvalue weighted by atomic mass is 10.0. The summed E-state index contributed by atoms with van der Waals surface area (Å²) in [6.07, 6.45) is -12.1. The molecule has 1 rings (SSSR count). The minimum absolute atomic E-state index is 0.0220. The molecule has 29 N–H and O–H groups in total. The Labute approximate surface area is 642 Å². The summed E-state index contributed by atoms with van der Waals surface area (Å²) in [5.74, 6) is -24.3. The van der Waals surface area contributed by atoms with Crippen LogP contribution in [-0.4, -0.2) is 311 Å². The van der Waals surface area contributed by atoms with Crippen molar-refractivity contribution in [3.05, 3.63) is 0 Å². The van der Waals surface area contributed by atoms with Gasteiger partial charge >= 0.3 is 29.8 Å². The molecule has 0 aliphatic carbocycles. The van der Waals surface area contributed by atoms with E-state index in [9.17, 15) is 142 Å². The number of aliphatic hydroxyl groups is 5. The van der Waals surface area contributed by atoms with Gasteiger partial charge in [-0.3, -0.25) is 86.3 Å². The van der Waals surface area contributed by atoms with Gasteiger partial charge in [-0.25, -0.2) is 4.79 Å². The highest BCUT2D eigenvalue weighted by Crippen LogP contribution is 2.21. The van der Waals surface area contributed by atoms with E-state index in [2.05, 4.69) is 69.1 Å². The van der Waals surface area contributed by atoms with Gasteiger partial charge in [0.1, 0.15) is 78.5 Å². The first-order chi connectivity index (χ1) is 52.4. The molecule has 0 bridgehead atoms. The van der Waals surface area contributed by atoms with Crippen LogP contribution in [0.15, 0.2) is 0 Å². The molecule has 1 aliphatic rings. The molecular weight excluding hydrogens is 1490 g/mol. The number of amides is 14. The number of carboxylic acid groups (broad SMARTS) is 5. The quantitative estimate of drug-likeness (QED) is 0.0251. The van der Waals surface area contributed by atoms with Gasteiger partial charge in [0.15, 0.2) is 0 Å². The average molecular weight is 1610 g/mol. The Morgan fingerprint density at radius 1 is 0.384 bits per heavy atom. The highest BCUT2D eigenvalue weighted by atomic mass is 16.4. The summed E-state index contributed by atoms with van der Waals surface area (Å²) in [5, 5.41) is 128. The molecule has 1 aliphatic heterocycles. The number of aliphatic carboxylic acids is 5. The van der Waals surface area contributed by atoms with Crippen LogP contribution >= 0.6 is 0 Å². The molecule has 0 aromatic carbocycles. The van der Waals surface area contributed by atoms with Gasteiger partial charge in [-0.05, 0) is 130 Å². The molecular formula is C66H111N17O29. The standard InChI is InChI=1S/C66H111N17O29/c1-30(2)26-42(60(105)75-38(16-20-47(93)94)56(101)71-28-45(90)79-50(31(3)85)63(108)81-52(33(5)87)64(109)80-51(32(4)86)62(107)77-41(66(111)112)13-8-10-24-68)78-58(103)39(17-21-48(95)96)72-44(89)27-70-55(100)37(15-19-46(91)92)74-57(102)36(12-7-9-23-67)73-59(104)40(18-22-49(97)98)76-61(106)43-14-11-25-83(43)65(110)53(34(6)88)82-54(99)35(69)29-84/h30-43,50-53,84-88H,7-29,67-69H2,1-6H3,(H,70,100)(H,71,101)(H,72,89)(H,73,104)(H,74,102)(H,75,105)(H,76,106)(H,77,107)(H,78,103)(H,79,90)(H,80,109)(H,81,108)(H,82,99)(H,91,92)(H,93,94)(H,95,96)(H,97,98)(H,111,112)/t31-,32-,33-,34-,35+,36+,37+,38+,39+,40+,41+,42+,43+,50+,51+,52+,53+/m1/s1. The van der Waals surface area contributed by atoms with Gasteiger partial charge in [-0.2, -0.15) is 0 Å². The number of carbonyl (C=O) groups is 19. The van der Waals surface area contributed by atoms with Gasteiger partial charge in [-0.1, -0.05) is 13.8 Å². The maximum Gasteiger partial charge on any atom is 0.326 e. The van der Waals surface area contributed by atoms with Crippen LogP contribution in [0.25, 0.3) is 0 Å². The van der Waals surface area contributed by atoms with Gasteiger partial charge in [0.2, 0.25) is 82.7 Å². The van der Waals surface area contributed by atoms with E-state index in [-0.39, 0.29) is 71.0 Å². The van der Waals surface area contributed by atoms with E-state index in [0.717, 1.165) is 32.6 Å². The van der Waals surface area contributed by atoms with Crippen LogP contribution in [0.4, 0.5) is 0 Å². The Morgan fingerprint density at radius 2 is 0.714 bits per heavy atom. The van der Waals surface area contributed by atoms with Crippen LogP contribution in [0.2, 0.25) is 0 Å². The molecule has 46 heteroatoms. The van der Waals surface area contributed by atoms with Crippen LogP contribution < -0.4 is 86.3 Å². The second-order valence-electron chi connectivity index (χ2n) is 27.1. The van der Waals surface area contributed by atoms with Crippen molar-refractivity contribution in [2.24, 2.45) is 23.1 Å². The van der Waals surface area contributed by atoms with Gasteiger partial charge in [0.25, 0.3) is 0 Å². The molecule has 17 atom stereocenters. The lowest BCUT2D eigenvalue weighted by molar-refractivity contribution is -0.144. The van der Waals surface area contributed by atoms with Gasteiger partial charge in [0, 0.05) is 32.2 Å². The van der Waals surface area contributed by atoms with Crippen LogP contribution in [-0.2, 0) is 91.1 Å². The van der Waals surface area contributed by atoms with E-state index in [4.69, 9.17) is 17.2 Å². The second-order valence-corrected chi connectivity index (χ2v) is 27.1. The summed E-state index contributed by atoms with van der Waals surface area (Å²) < 4.78 is 0. The molecule has 0 unspecified atom stereocenters. The van der Waals surface area contributed by atoms with Crippen molar-refractivity contribution in [3.8, 4) is 0 Å². The van der Waals surface area contributed by atoms with Gasteiger partial charge in [-0.15, -0.1) is 0 Å². The van der Waals surface area contributed by atoms with E-state index < -0.39 is 292 Å². The minimum Gasteiger partial charge on any atom is -0.481 e. The van der Waals surface area contributed by atoms with E-state index in [1.807, 2.05) is 0 Å². The fourth-order valence-corrected chi connectivity index (χ4v) is 10.9. The number of nitrogens with one attached hydrogen (secondary N) is 13. The first-order valence-electron chi connectivity index (χ1n) is 36.2. The molecule has 0 aromatic rings. The van der Waals surface area contributed by atoms with E-state index in [0.29, 0.717) is 6.42 Å². The molecule has 0 aromatic heterocycles. The van der Waals surface area contributed by atoms with Crippen molar-refractivity contribution in [3.63, 3.8) is 0 Å². The number of carbonyl (C=O) groups excluding carboxylic acids is 14. The number of hydrogen-bond acceptors (Lipinski definition) is 27. The highest BCUT2D eigenvalue weighted by molar-refractivity contribution is 6.00. The first kappa shape index (κ1) is 99.6. The summed E-state index contributed by atoms with van der Waals surface area (Å²) in [7, 11) is 0. The molecule has 1 saturated heterocycles. The summed E-state index contributed by atoms with van der Waals surface area (Å²) in [6.45, 7) is 4.61. The molecule has 0 spiro atoms. The van der Waals surface area contributed by atoms with Crippen molar-refractivity contribution in [2.45, 2.75) is 254 Å². The highest BCUT2D eigenvalue weighted by Gasteiger charge is 2.43. The normalized spacial score (nSPS) is 16.8. The number of nitrogens with two attached hydrogens (primary N) is 3. The SMILES string of the molecule is CC(C)C[C@H](NC(=O)[C@H](CCC(=O)O)NC(=O)CNC(=O)[C@H](CCC(=O)O)NC(=O)[C@H](CCCCN)NC(=O)[C@H](CCC(=O)O)NC(=O)[C@@H]1CCCN1C(=O)[C@@H](NC(=O)[C@@H](N)CO)[C@@H](C)O)C(=O)N[C@@H](CCC(=O)O)C(=O)NCC(=O)N[C@H](C(=O)N[C@H](C(=O)N[C@H](C(=O)N[C@@H](CCCCN)C(=O)O)[C@@H](C)O)[C@@H](C)O)[C@@H](C)O. The Bertz CT molecular complexity index is 3250. The summed E-state index contributed by atoms with van der Waals surface area (Å²) in [6, 6.07) is -22.4. The van der Waals surface area contributed by atoms with Crippen LogP contribution in [0, 0.1) is 5.92 Å². The van der Waals surface area contributed by atoms with Crippen molar-refractivity contribution < 1.29 is 142 Å². The number of rotatable bonds is 55. The minimum atomic E-state index is -1.98. The first-order valence-corrected chi connectivity index (χ1v) is 36.2. The molecule has 14 amide bonds. The summed E-state index contributed by atoms with van der Waals surface area (Å²) in [4.78, 5) is 251. The Hall–Kier alpha value is -10.4. The zero-order valence-electron chi connectivity index (χ0n) is 63.1. The number of aliphatic hydroxyl groups excluding tert-OH is 5. The lowest BCUT2D eigenvalue weighted by Crippen LogP contribution is -2.63. The Morgan fingerprint density at radius 3 is 1.09 bits per heavy atom. The zero-order valence-corrected chi connectivity index (χ0v) is 63.1. The largest absolute Gasteiger partial charge is 0.481 e. The van der Waals surface area contributed by atoms with Crippen LogP contribution in [0.5, 0.6) is 0 Å². The number of carboxylic acids is 5. The van der Waals surface area contributed by atoms with Gasteiger partial charge in [0.05, 0.1) is 44.1 Å². The molecule has 1 fully saturated rings. The molecule has 112 heavy (non-hydrogen) atoms. The maximum atomic E-state index is 14.1. The van der Waals surface area contributed by atoms with Crippen molar-refractivity contribution >= 4 is 113 Å².